The normalized spacial score (nSPS) is 22.0. The molecule has 4 aromatic rings. The lowest BCUT2D eigenvalue weighted by Gasteiger charge is -2.48. The Morgan fingerprint density at radius 2 is 1.06 bits per heavy atom. The molecule has 4 aromatic carbocycles. The Balaban J connectivity index is 0.000000189. The summed E-state index contributed by atoms with van der Waals surface area (Å²) in [5.41, 5.74) is 0.798. The molecule has 2 aliphatic heterocycles. The van der Waals surface area contributed by atoms with E-state index in [0.29, 0.717) is 29.0 Å². The Labute approximate surface area is 377 Å². The zero-order chi connectivity index (χ0) is 45.0. The molecular formula is C50H56Cl2F6N2O3. The second kappa shape index (κ2) is 19.7. The first-order valence-electron chi connectivity index (χ1n) is 22.2. The molecule has 0 radical (unpaired) electrons. The van der Waals surface area contributed by atoms with E-state index in [-0.39, 0.29) is 29.4 Å². The predicted octanol–water partition coefficient (Wildman–Crippen LogP) is 13.4. The van der Waals surface area contributed by atoms with Crippen LogP contribution in [0.15, 0.2) is 97.1 Å². The number of nitrogens with zero attached hydrogens (tertiary/aromatic N) is 2. The van der Waals surface area contributed by atoms with Gasteiger partial charge in [-0.25, -0.2) is 0 Å². The van der Waals surface area contributed by atoms with Crippen LogP contribution < -0.4 is 9.47 Å². The van der Waals surface area contributed by atoms with Crippen molar-refractivity contribution in [2.75, 3.05) is 32.7 Å². The highest BCUT2D eigenvalue weighted by atomic mass is 35.5. The molecule has 5 nitrogen and oxygen atoms in total. The maximum atomic E-state index is 13.6. The fourth-order valence-corrected chi connectivity index (χ4v) is 10.1. The lowest BCUT2D eigenvalue weighted by Crippen LogP contribution is -2.54. The maximum absolute atomic E-state index is 13.6. The lowest BCUT2D eigenvalue weighted by molar-refractivity contribution is -0.143. The molecule has 4 aliphatic rings. The number of halogens is 8. The van der Waals surface area contributed by atoms with Crippen LogP contribution in [0.2, 0.25) is 10.0 Å². The first-order chi connectivity index (χ1) is 29.9. The summed E-state index contributed by atoms with van der Waals surface area (Å²) in [6.07, 6.45) is 1.40. The van der Waals surface area contributed by atoms with E-state index in [0.717, 1.165) is 106 Å². The van der Waals surface area contributed by atoms with Gasteiger partial charge in [0.2, 0.25) is 5.91 Å². The van der Waals surface area contributed by atoms with Crippen molar-refractivity contribution >= 4 is 29.1 Å². The molecule has 63 heavy (non-hydrogen) atoms. The second-order valence-electron chi connectivity index (χ2n) is 18.1. The van der Waals surface area contributed by atoms with Crippen LogP contribution in [0.1, 0.15) is 100 Å². The third-order valence-electron chi connectivity index (χ3n) is 13.9. The number of carbonyl (C=O) groups excluding carboxylic acids is 1. The second-order valence-corrected chi connectivity index (χ2v) is 18.9. The standard InChI is InChI=1S/C25H27ClF3NO2.C25H29ClF3NO/c1-17(32-22-11-7-20(8-12-22)25(27,28)29)18-4-2-15-30(16-18)23(31)24(13-3-14-24)19-5-9-21(26)10-6-19;1-18(31-23-11-7-21(8-12-23)25(27,28)29)19-4-2-15-30(16-19)17-24(13-3-14-24)20-5-9-22(26)10-6-20/h5-12,17-18H,2-4,13-16H2,1H3;5-12,18-19H,2-4,13-17H2,1H3. The van der Waals surface area contributed by atoms with Gasteiger partial charge in [0.15, 0.2) is 0 Å². The minimum absolute atomic E-state index is 0.0487. The summed E-state index contributed by atoms with van der Waals surface area (Å²) in [6, 6.07) is 25.7. The van der Waals surface area contributed by atoms with Crippen molar-refractivity contribution in [3.8, 4) is 11.5 Å². The Morgan fingerprint density at radius 3 is 1.49 bits per heavy atom. The smallest absolute Gasteiger partial charge is 0.416 e. The number of rotatable bonds is 11. The molecule has 2 saturated heterocycles. The van der Waals surface area contributed by atoms with Gasteiger partial charge < -0.3 is 19.3 Å². The number of likely N-dealkylation sites (tertiary alicyclic amines) is 2. The van der Waals surface area contributed by atoms with Crippen LogP contribution in [0.4, 0.5) is 26.3 Å². The molecule has 0 bridgehead atoms. The van der Waals surface area contributed by atoms with Crippen LogP contribution in [-0.2, 0) is 28.0 Å². The average molecular weight is 918 g/mol. The summed E-state index contributed by atoms with van der Waals surface area (Å²) in [4.78, 5) is 18.1. The van der Waals surface area contributed by atoms with Gasteiger partial charge in [0.1, 0.15) is 17.6 Å². The number of alkyl halides is 6. The van der Waals surface area contributed by atoms with Gasteiger partial charge in [0.25, 0.3) is 0 Å². The van der Waals surface area contributed by atoms with Gasteiger partial charge in [-0.2, -0.15) is 26.3 Å². The molecule has 340 valence electrons. The molecule has 0 spiro atoms. The molecule has 2 aliphatic carbocycles. The fraction of sp³-hybridized carbons (Fsp3) is 0.500. The minimum atomic E-state index is -4.37. The zero-order valence-corrected chi connectivity index (χ0v) is 37.3. The van der Waals surface area contributed by atoms with Crippen LogP contribution in [0.25, 0.3) is 0 Å². The molecule has 8 rings (SSSR count). The van der Waals surface area contributed by atoms with Gasteiger partial charge in [0, 0.05) is 53.5 Å². The number of hydrogen-bond donors (Lipinski definition) is 0. The molecule has 4 unspecified atom stereocenters. The first kappa shape index (κ1) is 47.0. The van der Waals surface area contributed by atoms with Crippen LogP contribution >= 0.6 is 23.2 Å². The monoisotopic (exact) mass is 916 g/mol. The van der Waals surface area contributed by atoms with Gasteiger partial charge in [-0.3, -0.25) is 4.79 Å². The molecule has 0 N–H and O–H groups in total. The Bertz CT molecular complexity index is 2100. The van der Waals surface area contributed by atoms with E-state index >= 15 is 0 Å². The van der Waals surface area contributed by atoms with E-state index in [1.807, 2.05) is 55.1 Å². The summed E-state index contributed by atoms with van der Waals surface area (Å²) in [5.74, 6) is 1.55. The van der Waals surface area contributed by atoms with Crippen LogP contribution in [0.5, 0.6) is 11.5 Å². The molecular weight excluding hydrogens is 861 g/mol. The number of benzene rings is 4. The minimum Gasteiger partial charge on any atom is -0.490 e. The Hall–Kier alpha value is -3.93. The highest BCUT2D eigenvalue weighted by Crippen LogP contribution is 2.47. The third kappa shape index (κ3) is 11.3. The van der Waals surface area contributed by atoms with E-state index in [9.17, 15) is 31.1 Å². The molecule has 1 amide bonds. The van der Waals surface area contributed by atoms with Crippen molar-refractivity contribution in [2.45, 2.75) is 113 Å². The summed E-state index contributed by atoms with van der Waals surface area (Å²) in [6.45, 7) is 8.35. The van der Waals surface area contributed by atoms with Crippen molar-refractivity contribution in [2.24, 2.45) is 11.8 Å². The molecule has 2 saturated carbocycles. The zero-order valence-electron chi connectivity index (χ0n) is 35.8. The number of carbonyl (C=O) groups is 1. The van der Waals surface area contributed by atoms with E-state index in [1.54, 1.807) is 0 Å². The average Bonchev–Trinajstić information content (AvgIpc) is 3.23. The largest absolute Gasteiger partial charge is 0.490 e. The third-order valence-corrected chi connectivity index (χ3v) is 14.4. The van der Waals surface area contributed by atoms with Crippen molar-refractivity contribution in [3.05, 3.63) is 129 Å². The van der Waals surface area contributed by atoms with Gasteiger partial charge in [-0.05, 0) is 156 Å². The Morgan fingerprint density at radius 1 is 0.619 bits per heavy atom. The molecule has 13 heteroatoms. The van der Waals surface area contributed by atoms with Gasteiger partial charge in [-0.1, -0.05) is 60.3 Å². The molecule has 4 atom stereocenters. The van der Waals surface area contributed by atoms with Crippen molar-refractivity contribution < 1.29 is 40.6 Å². The fourth-order valence-electron chi connectivity index (χ4n) is 9.86. The summed E-state index contributed by atoms with van der Waals surface area (Å²) in [7, 11) is 0. The summed E-state index contributed by atoms with van der Waals surface area (Å²) >= 11 is 12.1. The molecule has 0 aromatic heterocycles. The topological polar surface area (TPSA) is 42.0 Å². The van der Waals surface area contributed by atoms with Gasteiger partial charge in [0.05, 0.1) is 22.6 Å². The molecule has 2 heterocycles. The van der Waals surface area contributed by atoms with Crippen LogP contribution in [-0.4, -0.2) is 60.6 Å². The number of piperidine rings is 2. The predicted molar refractivity (Wildman–Crippen MR) is 235 cm³/mol. The molecule has 4 fully saturated rings. The number of ether oxygens (including phenoxy) is 2. The highest BCUT2D eigenvalue weighted by molar-refractivity contribution is 6.30. The Kier molecular flexibility index (Phi) is 14.7. The van der Waals surface area contributed by atoms with Crippen molar-refractivity contribution in [3.63, 3.8) is 0 Å². The number of amides is 1. The number of hydrogen-bond acceptors (Lipinski definition) is 4. The van der Waals surface area contributed by atoms with Crippen molar-refractivity contribution in [1.82, 2.24) is 9.80 Å². The van der Waals surface area contributed by atoms with Gasteiger partial charge >= 0.3 is 12.4 Å². The highest BCUT2D eigenvalue weighted by Gasteiger charge is 2.48. The van der Waals surface area contributed by atoms with Crippen LogP contribution in [0, 0.1) is 11.8 Å². The van der Waals surface area contributed by atoms with E-state index < -0.39 is 28.9 Å². The van der Waals surface area contributed by atoms with E-state index in [2.05, 4.69) is 17.0 Å². The maximum Gasteiger partial charge on any atom is 0.416 e. The first-order valence-corrected chi connectivity index (χ1v) is 22.9. The lowest BCUT2D eigenvalue weighted by atomic mass is 9.63. The SMILES string of the molecule is CC(Oc1ccc(C(F)(F)F)cc1)C1CCCN(C(=O)C2(c3ccc(Cl)cc3)CCC2)C1.CC(Oc1ccc(C(F)(F)F)cc1)C1CCCN(CC2(c3ccc(Cl)cc3)CCC2)C1. The quantitative estimate of drug-likeness (QED) is 0.141. The summed E-state index contributed by atoms with van der Waals surface area (Å²) in [5, 5.41) is 1.42. The van der Waals surface area contributed by atoms with Crippen LogP contribution in [0.3, 0.4) is 0 Å². The van der Waals surface area contributed by atoms with E-state index in [4.69, 9.17) is 32.7 Å². The van der Waals surface area contributed by atoms with Crippen molar-refractivity contribution in [1.29, 1.82) is 0 Å². The van der Waals surface area contributed by atoms with Gasteiger partial charge in [-0.15, -0.1) is 0 Å². The summed E-state index contributed by atoms with van der Waals surface area (Å²) < 4.78 is 88.6. The van der Waals surface area contributed by atoms with E-state index in [1.165, 1.54) is 49.1 Å².